The number of carbonyl (C=O) groups excluding carboxylic acids is 3. The van der Waals surface area contributed by atoms with Crippen molar-refractivity contribution in [3.8, 4) is 0 Å². The van der Waals surface area contributed by atoms with Crippen molar-refractivity contribution in [2.24, 2.45) is 16.8 Å². The van der Waals surface area contributed by atoms with Crippen LogP contribution < -0.4 is 27.1 Å². The molecule has 1 saturated heterocycles. The molecular weight excluding hydrogens is 642 g/mol. The number of carbonyl (C=O) groups is 5. The first kappa shape index (κ1) is 34.0. The van der Waals surface area contributed by atoms with Crippen LogP contribution in [-0.4, -0.2) is 83.6 Å². The number of aliphatic carboxylic acids is 2. The first-order valence-corrected chi connectivity index (χ1v) is 15.6. The summed E-state index contributed by atoms with van der Waals surface area (Å²) in [6.45, 7) is 2.92. The Labute approximate surface area is 270 Å². The molecule has 0 saturated carbocycles. The second-order valence-corrected chi connectivity index (χ2v) is 12.6. The van der Waals surface area contributed by atoms with E-state index in [0.29, 0.717) is 11.3 Å². The zero-order valence-corrected chi connectivity index (χ0v) is 26.3. The van der Waals surface area contributed by atoms with Crippen molar-refractivity contribution >= 4 is 75.0 Å². The minimum absolute atomic E-state index is 0.0615. The molecule has 1 unspecified atom stereocenters. The van der Waals surface area contributed by atoms with Crippen LogP contribution in [0, 0.1) is 5.92 Å². The second-order valence-electron chi connectivity index (χ2n) is 10.6. The molecule has 9 N–H and O–H groups in total. The van der Waals surface area contributed by atoms with Crippen LogP contribution >= 0.6 is 23.1 Å². The molecule has 2 amide bonds. The standard InChI is InChI=1S/C27H31N9O8S2/c1-27(2,25(42)43)44-34-19(16-11-46-26(30)33-16)17(37)8-14-22(39)36-20(24(40)41)13(10-45-23(14)36)4-3-7-35-9-15(21(29)31-12-35)32-18(38)5-6-28/h3-4,9,11-12,14,23,29H,5-8,10,28H2,1-2H3,(H5,30,32,33,38,40,41,42,43)/p+1/b4-3+,34-19-/t14-,23?/m1/s1. The van der Waals surface area contributed by atoms with Gasteiger partial charge in [-0.2, -0.15) is 0 Å². The number of amides is 2. The molecule has 2 atom stereocenters. The summed E-state index contributed by atoms with van der Waals surface area (Å²) >= 11 is 2.33. The minimum Gasteiger partial charge on any atom is -0.478 e. The van der Waals surface area contributed by atoms with Crippen molar-refractivity contribution in [3.05, 3.63) is 47.0 Å². The first-order chi connectivity index (χ1) is 21.7. The monoisotopic (exact) mass is 674 g/mol. The Morgan fingerprint density at radius 2 is 2.02 bits per heavy atom. The molecule has 0 bridgehead atoms. The molecule has 0 spiro atoms. The van der Waals surface area contributed by atoms with Crippen LogP contribution in [-0.2, 0) is 35.4 Å². The van der Waals surface area contributed by atoms with Crippen LogP contribution in [0.3, 0.4) is 0 Å². The fourth-order valence-electron chi connectivity index (χ4n) is 4.37. The lowest BCUT2D eigenvalue weighted by molar-refractivity contribution is -0.689. The molecule has 0 radical (unpaired) electrons. The van der Waals surface area contributed by atoms with E-state index in [1.807, 2.05) is 0 Å². The molecule has 4 rings (SSSR count). The molecule has 2 aliphatic heterocycles. The summed E-state index contributed by atoms with van der Waals surface area (Å²) < 4.78 is 1.62. The van der Waals surface area contributed by atoms with Gasteiger partial charge < -0.3 is 37.6 Å². The van der Waals surface area contributed by atoms with Gasteiger partial charge in [0, 0.05) is 30.5 Å². The molecule has 0 aromatic carbocycles. The van der Waals surface area contributed by atoms with Gasteiger partial charge in [-0.15, -0.1) is 23.1 Å². The summed E-state index contributed by atoms with van der Waals surface area (Å²) in [6.07, 6.45) is 6.05. The number of thiazole rings is 1. The van der Waals surface area contributed by atoms with Gasteiger partial charge in [0.1, 0.15) is 24.1 Å². The van der Waals surface area contributed by atoms with E-state index < -0.39 is 40.5 Å². The Balaban J connectivity index is 1.49. The molecule has 17 nitrogen and oxygen atoms in total. The van der Waals surface area contributed by atoms with Gasteiger partial charge in [0.25, 0.3) is 12.1 Å². The number of rotatable bonds is 14. The smallest absolute Gasteiger partial charge is 0.352 e. The van der Waals surface area contributed by atoms with E-state index in [0.717, 1.165) is 16.2 Å². The number of anilines is 3. The maximum absolute atomic E-state index is 13.4. The van der Waals surface area contributed by atoms with Gasteiger partial charge in [-0.25, -0.2) is 19.1 Å². The Hall–Kier alpha value is -4.88. The predicted molar refractivity (Wildman–Crippen MR) is 167 cm³/mol. The van der Waals surface area contributed by atoms with Crippen molar-refractivity contribution in [1.29, 1.82) is 0 Å². The Bertz CT molecular complexity index is 1670. The number of ketones is 1. The van der Waals surface area contributed by atoms with Crippen LogP contribution in [0.2, 0.25) is 0 Å². The summed E-state index contributed by atoms with van der Waals surface area (Å²) in [5.74, 6) is -4.66. The van der Waals surface area contributed by atoms with Gasteiger partial charge in [0.2, 0.25) is 17.4 Å². The number of β-lactam (4-membered cyclic amide) rings is 1. The molecular formula is C27H32N9O8S2+. The van der Waals surface area contributed by atoms with Crippen molar-refractivity contribution in [3.63, 3.8) is 0 Å². The van der Waals surface area contributed by atoms with Crippen LogP contribution in [0.25, 0.3) is 0 Å². The molecule has 19 heteroatoms. The largest absolute Gasteiger partial charge is 0.478 e. The topological polar surface area (TPSA) is 270 Å². The number of allylic oxidation sites excluding steroid dienone is 2. The highest BCUT2D eigenvalue weighted by Gasteiger charge is 2.54. The quantitative estimate of drug-likeness (QED) is 0.0664. The predicted octanol–water partition coefficient (Wildman–Crippen LogP) is -0.0532. The fraction of sp³-hybridized carbons (Fsp3) is 0.370. The number of fused-ring (bicyclic) bond motifs is 1. The lowest BCUT2D eigenvalue weighted by Gasteiger charge is -2.49. The number of nitrogens with one attached hydrogen (secondary N) is 1. The number of hydrogen-bond donors (Lipinski definition) is 6. The lowest BCUT2D eigenvalue weighted by atomic mass is 9.89. The third kappa shape index (κ3) is 7.49. The number of nitrogens with zero attached hydrogens (tertiary/aromatic N) is 5. The Morgan fingerprint density at radius 3 is 2.65 bits per heavy atom. The van der Waals surface area contributed by atoms with E-state index in [2.05, 4.69) is 20.4 Å². The van der Waals surface area contributed by atoms with Crippen molar-refractivity contribution in [1.82, 2.24) is 14.9 Å². The summed E-state index contributed by atoms with van der Waals surface area (Å²) in [5.41, 5.74) is 15.4. The first-order valence-electron chi connectivity index (χ1n) is 13.7. The molecule has 2 aliphatic rings. The normalized spacial score (nSPS) is 18.3. The molecule has 2 aromatic rings. The summed E-state index contributed by atoms with van der Waals surface area (Å²) in [7, 11) is 0. The minimum atomic E-state index is -1.76. The molecule has 0 aliphatic carbocycles. The van der Waals surface area contributed by atoms with Crippen LogP contribution in [0.5, 0.6) is 0 Å². The van der Waals surface area contributed by atoms with Crippen LogP contribution in [0.1, 0.15) is 32.4 Å². The number of aromatic nitrogens is 3. The average molecular weight is 675 g/mol. The van der Waals surface area contributed by atoms with Crippen LogP contribution in [0.4, 0.5) is 16.6 Å². The molecule has 2 aromatic heterocycles. The number of nitrogens with two attached hydrogens (primary N) is 3. The second kappa shape index (κ2) is 14.0. The summed E-state index contributed by atoms with van der Waals surface area (Å²) in [6, 6.07) is 0. The van der Waals surface area contributed by atoms with Gasteiger partial charge in [0.05, 0.1) is 11.3 Å². The number of thioether (sulfide) groups is 1. The van der Waals surface area contributed by atoms with Crippen molar-refractivity contribution < 1.29 is 43.6 Å². The van der Waals surface area contributed by atoms with Crippen molar-refractivity contribution in [2.45, 2.75) is 44.2 Å². The zero-order chi connectivity index (χ0) is 33.8. The highest BCUT2D eigenvalue weighted by molar-refractivity contribution is 8.00. The van der Waals surface area contributed by atoms with Gasteiger partial charge in [-0.1, -0.05) is 11.2 Å². The van der Waals surface area contributed by atoms with Gasteiger partial charge in [0.15, 0.2) is 22.3 Å². The fourth-order valence-corrected chi connectivity index (χ4v) is 6.30. The van der Waals surface area contributed by atoms with Crippen molar-refractivity contribution in [2.75, 3.05) is 29.1 Å². The number of Topliss-reactive ketones (excluding diaryl/α,β-unsaturated/α-hetero) is 1. The number of nitrogen functional groups attached to an aromatic ring is 2. The van der Waals surface area contributed by atoms with E-state index in [9.17, 15) is 34.2 Å². The third-order valence-electron chi connectivity index (χ3n) is 6.82. The number of hydrogen-bond acceptors (Lipinski definition) is 14. The van der Waals surface area contributed by atoms with E-state index >= 15 is 0 Å². The lowest BCUT2D eigenvalue weighted by Crippen LogP contribution is -2.62. The SMILES string of the molecule is CC(C)(O/N=C(\C(=O)C[C@@H]1C(=O)N2C(C(=O)O)=C(/C=C/C[n+]3cnc(N)c(NC(=O)CCN)c3)CSC12)c1csc(N)n1)C(=O)O. The van der Waals surface area contributed by atoms with Crippen LogP contribution in [0.15, 0.2) is 46.5 Å². The highest BCUT2D eigenvalue weighted by Crippen LogP contribution is 2.45. The molecule has 46 heavy (non-hydrogen) atoms. The van der Waals surface area contributed by atoms with Gasteiger partial charge in [-0.05, 0) is 30.5 Å². The number of oxime groups is 1. The molecule has 244 valence electrons. The van der Waals surface area contributed by atoms with E-state index in [4.69, 9.17) is 22.0 Å². The van der Waals surface area contributed by atoms with E-state index in [-0.39, 0.29) is 65.6 Å². The summed E-state index contributed by atoms with van der Waals surface area (Å²) in [5, 5.41) is 26.7. The zero-order valence-electron chi connectivity index (χ0n) is 24.7. The summed E-state index contributed by atoms with van der Waals surface area (Å²) in [4.78, 5) is 76.6. The number of carboxylic acid groups (broad SMARTS) is 2. The maximum atomic E-state index is 13.4. The van der Waals surface area contributed by atoms with Gasteiger partial charge >= 0.3 is 11.9 Å². The Kier molecular flexibility index (Phi) is 10.4. The van der Waals surface area contributed by atoms with Gasteiger partial charge in [-0.3, -0.25) is 19.3 Å². The van der Waals surface area contributed by atoms with E-state index in [1.54, 1.807) is 22.9 Å². The molecule has 1 fully saturated rings. The maximum Gasteiger partial charge on any atom is 0.352 e. The highest BCUT2D eigenvalue weighted by atomic mass is 32.2. The number of carboxylic acids is 2. The molecule has 4 heterocycles. The van der Waals surface area contributed by atoms with E-state index in [1.165, 1.54) is 37.3 Å². The average Bonchev–Trinajstić information content (AvgIpc) is 3.42. The Morgan fingerprint density at radius 1 is 1.28 bits per heavy atom. The third-order valence-corrected chi connectivity index (χ3v) is 8.85.